The van der Waals surface area contributed by atoms with Crippen LogP contribution in [-0.2, 0) is 19.1 Å². The molecule has 9 nitrogen and oxygen atoms in total. The average Bonchev–Trinajstić information content (AvgIpc) is 3.66. The molecule has 3 N–H and O–H groups in total. The Balaban J connectivity index is 0.000000588. The van der Waals surface area contributed by atoms with E-state index in [1.54, 1.807) is 11.9 Å². The highest BCUT2D eigenvalue weighted by Gasteiger charge is 2.21. The van der Waals surface area contributed by atoms with E-state index in [9.17, 15) is 19.2 Å². The zero-order valence-electron chi connectivity index (χ0n) is 19.6. The summed E-state index contributed by atoms with van der Waals surface area (Å²) < 4.78 is 7.38. The van der Waals surface area contributed by atoms with Crippen molar-refractivity contribution in [3.63, 3.8) is 0 Å². The number of nitrogens with one attached hydrogen (secondary N) is 3. The second kappa shape index (κ2) is 19.5. The zero-order valence-corrected chi connectivity index (χ0v) is 20.5. The molecule has 0 aromatic carbocycles. The standard InChI is InChI=1S/C14H26N2O3.C4H7NOS.C4H7NO/c1-5-6-7-8-10-16(4)14(18)15-12(2)9-11-19-13(3)17;6-3-5-7-4-1-2-4;6-3-5-4-1-2-4/h5,12H,1,6-11H2,2-4H3,(H,15,18);3-4H,1-2H2,(H,5,6);3-4H,1-2H2,(H,5,6). The SMILES string of the molecule is C=CCCCCN(C)C(=O)NC(C)CCOC(C)=O.O=CNC1CC1.O=CNSC1CC1. The Morgan fingerprint density at radius 1 is 1.19 bits per heavy atom. The first-order chi connectivity index (χ1) is 15.3. The molecule has 0 spiro atoms. The van der Waals surface area contributed by atoms with Gasteiger partial charge in [-0.2, -0.15) is 0 Å². The van der Waals surface area contributed by atoms with Gasteiger partial charge in [0.15, 0.2) is 0 Å². The summed E-state index contributed by atoms with van der Waals surface area (Å²) in [4.78, 5) is 43.2. The minimum Gasteiger partial charge on any atom is -0.466 e. The predicted octanol–water partition coefficient (Wildman–Crippen LogP) is 2.76. The van der Waals surface area contributed by atoms with Crippen LogP contribution in [0.3, 0.4) is 0 Å². The van der Waals surface area contributed by atoms with Gasteiger partial charge in [0.1, 0.15) is 0 Å². The molecule has 2 aliphatic rings. The summed E-state index contributed by atoms with van der Waals surface area (Å²) in [7, 11) is 1.78. The monoisotopic (exact) mass is 472 g/mol. The van der Waals surface area contributed by atoms with Crippen molar-refractivity contribution in [1.29, 1.82) is 0 Å². The normalized spacial score (nSPS) is 14.7. The highest BCUT2D eigenvalue weighted by Crippen LogP contribution is 2.31. The Morgan fingerprint density at radius 2 is 1.88 bits per heavy atom. The molecule has 0 aliphatic heterocycles. The number of urea groups is 1. The second-order valence-corrected chi connectivity index (χ2v) is 8.94. The molecule has 0 bridgehead atoms. The molecule has 0 aromatic heterocycles. The molecule has 0 aromatic rings. The van der Waals surface area contributed by atoms with E-state index in [1.807, 2.05) is 13.0 Å². The van der Waals surface area contributed by atoms with Crippen molar-refractivity contribution in [3.8, 4) is 0 Å². The quantitative estimate of drug-likeness (QED) is 0.118. The largest absolute Gasteiger partial charge is 0.466 e. The topological polar surface area (TPSA) is 117 Å². The summed E-state index contributed by atoms with van der Waals surface area (Å²) in [6, 6.07) is 0.430. The number of unbranched alkanes of at least 4 members (excludes halogenated alkanes) is 2. The van der Waals surface area contributed by atoms with Gasteiger partial charge in [0.05, 0.1) is 6.61 Å². The number of hydrogen-bond donors (Lipinski definition) is 3. The van der Waals surface area contributed by atoms with Crippen LogP contribution in [-0.4, -0.2) is 67.3 Å². The number of carbonyl (C=O) groups excluding carboxylic acids is 4. The lowest BCUT2D eigenvalue weighted by molar-refractivity contribution is -0.141. The van der Waals surface area contributed by atoms with Crippen LogP contribution in [0, 0.1) is 0 Å². The van der Waals surface area contributed by atoms with Crippen LogP contribution in [0.25, 0.3) is 0 Å². The first kappa shape index (κ1) is 29.8. The molecule has 0 heterocycles. The zero-order chi connectivity index (χ0) is 24.2. The van der Waals surface area contributed by atoms with Crippen LogP contribution in [0.5, 0.6) is 0 Å². The maximum Gasteiger partial charge on any atom is 0.317 e. The summed E-state index contributed by atoms with van der Waals surface area (Å²) in [6.07, 6.45) is 11.9. The van der Waals surface area contributed by atoms with Gasteiger partial charge in [0, 0.05) is 44.3 Å². The van der Waals surface area contributed by atoms with Crippen molar-refractivity contribution in [2.75, 3.05) is 20.2 Å². The number of esters is 1. The third-order valence-corrected chi connectivity index (χ3v) is 5.45. The van der Waals surface area contributed by atoms with E-state index in [0.29, 0.717) is 19.1 Å². The molecule has 1 unspecified atom stereocenters. The van der Waals surface area contributed by atoms with E-state index in [1.165, 1.54) is 44.6 Å². The van der Waals surface area contributed by atoms with Gasteiger partial charge in [-0.3, -0.25) is 14.4 Å². The van der Waals surface area contributed by atoms with Crippen molar-refractivity contribution in [2.24, 2.45) is 0 Å². The van der Waals surface area contributed by atoms with E-state index in [2.05, 4.69) is 21.9 Å². The van der Waals surface area contributed by atoms with Gasteiger partial charge in [-0.25, -0.2) is 4.79 Å². The number of amides is 4. The van der Waals surface area contributed by atoms with Gasteiger partial charge in [-0.1, -0.05) is 6.08 Å². The van der Waals surface area contributed by atoms with E-state index < -0.39 is 0 Å². The predicted molar refractivity (Wildman–Crippen MR) is 128 cm³/mol. The molecule has 2 rings (SSSR count). The summed E-state index contributed by atoms with van der Waals surface area (Å²) in [5, 5.41) is 6.24. The number of hydrogen-bond acceptors (Lipinski definition) is 6. The number of rotatable bonds is 14. The lowest BCUT2D eigenvalue weighted by Crippen LogP contribution is -2.42. The fourth-order valence-corrected chi connectivity index (χ4v) is 2.79. The Bertz CT molecular complexity index is 556. The highest BCUT2D eigenvalue weighted by molar-refractivity contribution is 7.98. The van der Waals surface area contributed by atoms with Crippen molar-refractivity contribution in [3.05, 3.63) is 12.7 Å². The maximum atomic E-state index is 11.8. The summed E-state index contributed by atoms with van der Waals surface area (Å²) in [6.45, 7) is 8.00. The van der Waals surface area contributed by atoms with Gasteiger partial charge in [-0.15, -0.1) is 6.58 Å². The first-order valence-electron chi connectivity index (χ1n) is 11.1. The first-order valence-corrected chi connectivity index (χ1v) is 12.0. The summed E-state index contributed by atoms with van der Waals surface area (Å²) >= 11 is 1.52. The lowest BCUT2D eigenvalue weighted by Gasteiger charge is -2.21. The summed E-state index contributed by atoms with van der Waals surface area (Å²) in [5.74, 6) is -0.294. The van der Waals surface area contributed by atoms with Crippen molar-refractivity contribution >= 4 is 36.8 Å². The van der Waals surface area contributed by atoms with Gasteiger partial charge in [0.25, 0.3) is 0 Å². The van der Waals surface area contributed by atoms with E-state index in [0.717, 1.165) is 43.9 Å². The molecular formula is C22H40N4O5S. The molecule has 2 aliphatic carbocycles. The van der Waals surface area contributed by atoms with Crippen LogP contribution >= 0.6 is 11.9 Å². The van der Waals surface area contributed by atoms with Crippen LogP contribution < -0.4 is 15.4 Å². The molecule has 184 valence electrons. The van der Waals surface area contributed by atoms with Crippen LogP contribution in [0.2, 0.25) is 0 Å². The Hall–Kier alpha value is -2.23. The van der Waals surface area contributed by atoms with Gasteiger partial charge in [0.2, 0.25) is 12.8 Å². The molecule has 2 fully saturated rings. The van der Waals surface area contributed by atoms with Gasteiger partial charge >= 0.3 is 12.0 Å². The third-order valence-electron chi connectivity index (χ3n) is 4.41. The molecule has 1 atom stereocenters. The fourth-order valence-electron chi connectivity index (χ4n) is 2.17. The molecular weight excluding hydrogens is 432 g/mol. The Morgan fingerprint density at radius 3 is 2.34 bits per heavy atom. The Kier molecular flexibility index (Phi) is 18.1. The minimum atomic E-state index is -0.294. The minimum absolute atomic E-state index is 0.0116. The van der Waals surface area contributed by atoms with Crippen LogP contribution in [0.15, 0.2) is 12.7 Å². The van der Waals surface area contributed by atoms with Gasteiger partial charge < -0.3 is 25.0 Å². The summed E-state index contributed by atoms with van der Waals surface area (Å²) in [5.41, 5.74) is 0. The van der Waals surface area contributed by atoms with E-state index in [-0.39, 0.29) is 18.0 Å². The van der Waals surface area contributed by atoms with Crippen LogP contribution in [0.4, 0.5) is 4.79 Å². The number of ether oxygens (including phenoxy) is 1. The van der Waals surface area contributed by atoms with Crippen LogP contribution in [0.1, 0.15) is 65.2 Å². The average molecular weight is 473 g/mol. The lowest BCUT2D eigenvalue weighted by atomic mass is 10.2. The van der Waals surface area contributed by atoms with E-state index >= 15 is 0 Å². The maximum absolute atomic E-state index is 11.8. The number of nitrogens with zero attached hydrogens (tertiary/aromatic N) is 1. The molecule has 4 amide bonds. The van der Waals surface area contributed by atoms with E-state index in [4.69, 9.17) is 4.74 Å². The highest BCUT2D eigenvalue weighted by atomic mass is 32.2. The molecule has 10 heteroatoms. The molecule has 32 heavy (non-hydrogen) atoms. The smallest absolute Gasteiger partial charge is 0.317 e. The third kappa shape index (κ3) is 21.0. The van der Waals surface area contributed by atoms with Crippen molar-refractivity contribution < 1.29 is 23.9 Å². The van der Waals surface area contributed by atoms with Crippen molar-refractivity contribution in [1.82, 2.24) is 20.3 Å². The molecule has 0 saturated heterocycles. The number of carbonyl (C=O) groups is 4. The Labute approximate surface area is 196 Å². The molecule has 0 radical (unpaired) electrons. The second-order valence-electron chi connectivity index (χ2n) is 7.80. The van der Waals surface area contributed by atoms with Crippen molar-refractivity contribution in [2.45, 2.75) is 82.5 Å². The number of allylic oxidation sites excluding steroid dienone is 1. The van der Waals surface area contributed by atoms with Gasteiger partial charge in [-0.05, 0) is 63.8 Å². The fraction of sp³-hybridized carbons (Fsp3) is 0.727. The molecule has 2 saturated carbocycles.